The van der Waals surface area contributed by atoms with Crippen molar-refractivity contribution < 1.29 is 14.3 Å². The van der Waals surface area contributed by atoms with Crippen LogP contribution in [0.3, 0.4) is 0 Å². The number of likely N-dealkylation sites (tertiary alicyclic amines) is 1. The summed E-state index contributed by atoms with van der Waals surface area (Å²) in [7, 11) is 1.66. The van der Waals surface area contributed by atoms with Gasteiger partial charge in [-0.2, -0.15) is 0 Å². The summed E-state index contributed by atoms with van der Waals surface area (Å²) in [5.74, 6) is 1.74. The number of anilines is 1. The minimum atomic E-state index is -0.465. The number of nitrogens with zero attached hydrogens (tertiary/aromatic N) is 1. The molecule has 1 N–H and O–H groups in total. The Balaban J connectivity index is 1.30. The zero-order chi connectivity index (χ0) is 23.1. The van der Waals surface area contributed by atoms with Gasteiger partial charge in [0.2, 0.25) is 5.91 Å². The average molecular weight is 451 g/mol. The predicted octanol–water partition coefficient (Wildman–Crippen LogP) is 5.79. The first-order chi connectivity index (χ1) is 16.1. The molecule has 5 nitrogen and oxygen atoms in total. The van der Waals surface area contributed by atoms with Crippen molar-refractivity contribution in [2.24, 2.45) is 0 Å². The van der Waals surface area contributed by atoms with E-state index in [0.717, 1.165) is 68.0 Å². The van der Waals surface area contributed by atoms with E-state index in [2.05, 4.69) is 17.1 Å². The first kappa shape index (κ1) is 23.6. The quantitative estimate of drug-likeness (QED) is 0.491. The number of carbonyl (C=O) groups is 1. The Labute approximate surface area is 198 Å². The molecule has 5 heteroatoms. The average Bonchev–Trinajstić information content (AvgIpc) is 3.35. The molecule has 1 aliphatic heterocycles. The van der Waals surface area contributed by atoms with E-state index in [0.29, 0.717) is 6.04 Å². The van der Waals surface area contributed by atoms with Crippen molar-refractivity contribution in [3.05, 3.63) is 54.1 Å². The van der Waals surface area contributed by atoms with Crippen LogP contribution in [-0.4, -0.2) is 43.7 Å². The summed E-state index contributed by atoms with van der Waals surface area (Å²) < 4.78 is 11.2. The summed E-state index contributed by atoms with van der Waals surface area (Å²) in [5.41, 5.74) is 1.42. The zero-order valence-electron chi connectivity index (χ0n) is 20.1. The van der Waals surface area contributed by atoms with E-state index in [-0.39, 0.29) is 5.91 Å². The number of methoxy groups -OCH3 is 1. The largest absolute Gasteiger partial charge is 0.497 e. The number of hydrogen-bond acceptors (Lipinski definition) is 4. The molecule has 0 radical (unpaired) electrons. The van der Waals surface area contributed by atoms with Gasteiger partial charge in [0.15, 0.2) is 0 Å². The Kier molecular flexibility index (Phi) is 7.92. The van der Waals surface area contributed by atoms with Gasteiger partial charge in [-0.1, -0.05) is 31.4 Å². The molecule has 0 bridgehead atoms. The SMILES string of the molecule is COc1ccc(C2(C(=O)Nc3ccc(OCCCN4CCCC[C@@H]4C)cc3)CCCC2)cc1. The molecule has 33 heavy (non-hydrogen) atoms. The van der Waals surface area contributed by atoms with Gasteiger partial charge in [-0.15, -0.1) is 0 Å². The zero-order valence-corrected chi connectivity index (χ0v) is 20.1. The Hall–Kier alpha value is -2.53. The van der Waals surface area contributed by atoms with Crippen LogP contribution in [0.1, 0.15) is 63.9 Å². The van der Waals surface area contributed by atoms with Gasteiger partial charge < -0.3 is 19.7 Å². The van der Waals surface area contributed by atoms with Crippen molar-refractivity contribution in [3.63, 3.8) is 0 Å². The van der Waals surface area contributed by atoms with Crippen molar-refractivity contribution >= 4 is 11.6 Å². The van der Waals surface area contributed by atoms with E-state index in [1.54, 1.807) is 7.11 Å². The maximum Gasteiger partial charge on any atom is 0.235 e. The lowest BCUT2D eigenvalue weighted by Gasteiger charge is -2.33. The topological polar surface area (TPSA) is 50.8 Å². The van der Waals surface area contributed by atoms with Crippen LogP contribution < -0.4 is 14.8 Å². The Bertz CT molecular complexity index is 888. The molecule has 1 atom stereocenters. The van der Waals surface area contributed by atoms with Gasteiger partial charge in [0.1, 0.15) is 11.5 Å². The molecule has 2 aromatic rings. The number of amides is 1. The molecule has 0 spiro atoms. The maximum atomic E-state index is 13.4. The monoisotopic (exact) mass is 450 g/mol. The van der Waals surface area contributed by atoms with Gasteiger partial charge in [-0.05, 0) is 87.5 Å². The van der Waals surface area contributed by atoms with Crippen LogP contribution in [0.4, 0.5) is 5.69 Å². The third-order valence-corrected chi connectivity index (χ3v) is 7.45. The normalized spacial score (nSPS) is 20.4. The third-order valence-electron chi connectivity index (χ3n) is 7.45. The van der Waals surface area contributed by atoms with E-state index in [1.165, 1.54) is 25.8 Å². The smallest absolute Gasteiger partial charge is 0.235 e. The van der Waals surface area contributed by atoms with Gasteiger partial charge in [-0.25, -0.2) is 0 Å². The summed E-state index contributed by atoms with van der Waals surface area (Å²) in [6.45, 7) is 5.36. The van der Waals surface area contributed by atoms with Gasteiger partial charge in [0.25, 0.3) is 0 Å². The molecule has 1 aliphatic carbocycles. The minimum absolute atomic E-state index is 0.0782. The van der Waals surface area contributed by atoms with Crippen LogP contribution in [0, 0.1) is 0 Å². The second kappa shape index (κ2) is 11.1. The predicted molar refractivity (Wildman–Crippen MR) is 133 cm³/mol. The number of carbonyl (C=O) groups excluding carboxylic acids is 1. The maximum absolute atomic E-state index is 13.4. The van der Waals surface area contributed by atoms with Gasteiger partial charge in [0, 0.05) is 18.3 Å². The summed E-state index contributed by atoms with van der Waals surface area (Å²) in [5, 5.41) is 3.16. The highest BCUT2D eigenvalue weighted by Gasteiger charge is 2.42. The lowest BCUT2D eigenvalue weighted by atomic mass is 9.78. The second-order valence-corrected chi connectivity index (χ2v) is 9.58. The molecule has 178 valence electrons. The van der Waals surface area contributed by atoms with E-state index in [1.807, 2.05) is 48.5 Å². The van der Waals surface area contributed by atoms with E-state index in [4.69, 9.17) is 9.47 Å². The van der Waals surface area contributed by atoms with Crippen molar-refractivity contribution in [1.82, 2.24) is 4.90 Å². The number of benzene rings is 2. The van der Waals surface area contributed by atoms with Crippen LogP contribution in [0.2, 0.25) is 0 Å². The minimum Gasteiger partial charge on any atom is -0.497 e. The van der Waals surface area contributed by atoms with Gasteiger partial charge in [-0.3, -0.25) is 4.79 Å². The Morgan fingerprint density at radius 3 is 2.36 bits per heavy atom. The molecule has 4 rings (SSSR count). The summed E-state index contributed by atoms with van der Waals surface area (Å²) >= 11 is 0. The highest BCUT2D eigenvalue weighted by Crippen LogP contribution is 2.42. The summed E-state index contributed by atoms with van der Waals surface area (Å²) in [6, 6.07) is 16.4. The molecule has 1 saturated carbocycles. The van der Waals surface area contributed by atoms with E-state index >= 15 is 0 Å². The first-order valence-electron chi connectivity index (χ1n) is 12.5. The number of ether oxygens (including phenoxy) is 2. The first-order valence-corrected chi connectivity index (χ1v) is 12.5. The van der Waals surface area contributed by atoms with Crippen LogP contribution in [0.25, 0.3) is 0 Å². The molecule has 1 heterocycles. The van der Waals surface area contributed by atoms with Crippen molar-refractivity contribution in [1.29, 1.82) is 0 Å². The Morgan fingerprint density at radius 1 is 1.00 bits per heavy atom. The highest BCUT2D eigenvalue weighted by molar-refractivity contribution is 5.99. The second-order valence-electron chi connectivity index (χ2n) is 9.58. The van der Waals surface area contributed by atoms with Crippen molar-refractivity contribution in [3.8, 4) is 11.5 Å². The van der Waals surface area contributed by atoms with E-state index in [9.17, 15) is 4.79 Å². The van der Waals surface area contributed by atoms with Crippen LogP contribution in [-0.2, 0) is 10.2 Å². The van der Waals surface area contributed by atoms with Crippen molar-refractivity contribution in [2.45, 2.75) is 69.7 Å². The number of piperidine rings is 1. The molecule has 0 aromatic heterocycles. The molecular weight excluding hydrogens is 412 g/mol. The van der Waals surface area contributed by atoms with Gasteiger partial charge >= 0.3 is 0 Å². The van der Waals surface area contributed by atoms with Crippen molar-refractivity contribution in [2.75, 3.05) is 32.1 Å². The lowest BCUT2D eigenvalue weighted by Crippen LogP contribution is -2.38. The van der Waals surface area contributed by atoms with E-state index < -0.39 is 5.41 Å². The fourth-order valence-corrected chi connectivity index (χ4v) is 5.37. The van der Waals surface area contributed by atoms with Crippen LogP contribution in [0.15, 0.2) is 48.5 Å². The van der Waals surface area contributed by atoms with Crippen LogP contribution in [0.5, 0.6) is 11.5 Å². The fraction of sp³-hybridized carbons (Fsp3) is 0.536. The molecule has 1 amide bonds. The highest BCUT2D eigenvalue weighted by atomic mass is 16.5. The molecule has 2 fully saturated rings. The molecule has 2 aliphatic rings. The summed E-state index contributed by atoms with van der Waals surface area (Å²) in [4.78, 5) is 16.0. The standard InChI is InChI=1S/C28H38N2O3/c1-22-8-3-6-19-30(22)20-7-21-33-26-15-11-24(12-16-26)29-27(31)28(17-4-5-18-28)23-9-13-25(32-2)14-10-23/h9-16,22H,3-8,17-21H2,1-2H3,(H,29,31)/t22-/m0/s1. The molecule has 1 saturated heterocycles. The molecule has 2 aromatic carbocycles. The van der Waals surface area contributed by atoms with Crippen LogP contribution >= 0.6 is 0 Å². The number of rotatable bonds is 9. The number of nitrogens with one attached hydrogen (secondary N) is 1. The number of hydrogen-bond donors (Lipinski definition) is 1. The van der Waals surface area contributed by atoms with Gasteiger partial charge in [0.05, 0.1) is 19.1 Å². The summed E-state index contributed by atoms with van der Waals surface area (Å²) in [6.07, 6.45) is 8.92. The third kappa shape index (κ3) is 5.70. The molecular formula is C28H38N2O3. The molecule has 0 unspecified atom stereocenters. The lowest BCUT2D eigenvalue weighted by molar-refractivity contribution is -0.121. The fourth-order valence-electron chi connectivity index (χ4n) is 5.37. The Morgan fingerprint density at radius 2 is 1.70 bits per heavy atom.